The Morgan fingerprint density at radius 3 is 2.81 bits per heavy atom. The molecule has 0 amide bonds. The van der Waals surface area contributed by atoms with Crippen LogP contribution in [-0.2, 0) is 6.54 Å². The van der Waals surface area contributed by atoms with Gasteiger partial charge in [-0.3, -0.25) is 0 Å². The summed E-state index contributed by atoms with van der Waals surface area (Å²) in [5.41, 5.74) is 1.21. The van der Waals surface area contributed by atoms with Crippen LogP contribution in [0.3, 0.4) is 0 Å². The van der Waals surface area contributed by atoms with E-state index in [2.05, 4.69) is 25.6 Å². The lowest BCUT2D eigenvalue weighted by atomic mass is 10.2. The van der Waals surface area contributed by atoms with Gasteiger partial charge in [-0.1, -0.05) is 6.07 Å². The van der Waals surface area contributed by atoms with E-state index in [-0.39, 0.29) is 41.7 Å². The second kappa shape index (κ2) is 11.2. The van der Waals surface area contributed by atoms with Crippen LogP contribution in [0.1, 0.15) is 18.9 Å². The average Bonchev–Trinajstić information content (AvgIpc) is 3.45. The van der Waals surface area contributed by atoms with Crippen LogP contribution in [0.5, 0.6) is 0 Å². The van der Waals surface area contributed by atoms with Gasteiger partial charge in [0.2, 0.25) is 0 Å². The minimum absolute atomic E-state index is 0. The zero-order chi connectivity index (χ0) is 21.6. The maximum atomic E-state index is 14.5. The molecular weight excluding hydrogens is 527 g/mol. The topological polar surface area (TPSA) is 70.4 Å². The fraction of sp³-hybridized carbons (Fsp3) is 0.318. The summed E-state index contributed by atoms with van der Waals surface area (Å²) in [6.07, 6.45) is 7.31. The number of guanidine groups is 1. The summed E-state index contributed by atoms with van der Waals surface area (Å²) >= 11 is 0. The third kappa shape index (κ3) is 5.72. The number of aromatic nitrogens is 3. The van der Waals surface area contributed by atoms with Gasteiger partial charge in [0.25, 0.3) is 0 Å². The second-order valence-electron chi connectivity index (χ2n) is 7.34. The predicted molar refractivity (Wildman–Crippen MR) is 132 cm³/mol. The molecule has 0 radical (unpaired) electrons. The second-order valence-corrected chi connectivity index (χ2v) is 7.34. The number of benzene rings is 1. The maximum absolute atomic E-state index is 14.5. The summed E-state index contributed by atoms with van der Waals surface area (Å²) in [6.45, 7) is 4.37. The molecule has 3 heterocycles. The Morgan fingerprint density at radius 2 is 2.09 bits per heavy atom. The SMILES string of the molecule is CCNC(=NCc1ccc(-n2ccnc2)c(F)c1)NC1CCN(c2ncccc2F)C1.I. The number of hydrogen-bond acceptors (Lipinski definition) is 4. The molecule has 170 valence electrons. The smallest absolute Gasteiger partial charge is 0.191 e. The van der Waals surface area contributed by atoms with Gasteiger partial charge in [0.1, 0.15) is 5.82 Å². The minimum atomic E-state index is -0.326. The Labute approximate surface area is 203 Å². The van der Waals surface area contributed by atoms with Crippen LogP contribution in [0.4, 0.5) is 14.6 Å². The van der Waals surface area contributed by atoms with Gasteiger partial charge in [0.05, 0.1) is 18.6 Å². The van der Waals surface area contributed by atoms with E-state index in [9.17, 15) is 8.78 Å². The summed E-state index contributed by atoms with van der Waals surface area (Å²) in [6, 6.07) is 8.19. The van der Waals surface area contributed by atoms with Gasteiger partial charge in [-0.05, 0) is 43.2 Å². The highest BCUT2D eigenvalue weighted by molar-refractivity contribution is 14.0. The van der Waals surface area contributed by atoms with Gasteiger partial charge in [-0.25, -0.2) is 23.7 Å². The number of pyridine rings is 1. The number of hydrogen-bond donors (Lipinski definition) is 2. The third-order valence-corrected chi connectivity index (χ3v) is 5.13. The van der Waals surface area contributed by atoms with Crippen LogP contribution in [0, 0.1) is 11.6 Å². The van der Waals surface area contributed by atoms with Crippen LogP contribution in [0.25, 0.3) is 5.69 Å². The fourth-order valence-electron chi connectivity index (χ4n) is 3.62. The summed E-state index contributed by atoms with van der Waals surface area (Å²) in [5, 5.41) is 6.61. The molecule has 1 aromatic carbocycles. The molecule has 1 atom stereocenters. The molecule has 1 aliphatic rings. The number of nitrogens with one attached hydrogen (secondary N) is 2. The molecule has 3 aromatic rings. The molecular formula is C22H26F2IN7. The standard InChI is InChI=1S/C22H25F2N7.HI/c1-2-26-22(29-17-7-10-30(14-17)21-18(23)4-3-8-27-21)28-13-16-5-6-20(19(24)12-16)31-11-9-25-15-31;/h3-6,8-9,11-12,15,17H,2,7,10,13-14H2,1H3,(H2,26,28,29);1H. The van der Waals surface area contributed by atoms with Crippen molar-refractivity contribution in [2.24, 2.45) is 4.99 Å². The number of imidazole rings is 1. The average molecular weight is 553 g/mol. The molecule has 0 saturated carbocycles. The Morgan fingerprint density at radius 1 is 1.22 bits per heavy atom. The lowest BCUT2D eigenvalue weighted by Gasteiger charge is -2.20. The first-order valence-corrected chi connectivity index (χ1v) is 10.3. The van der Waals surface area contributed by atoms with Crippen LogP contribution >= 0.6 is 24.0 Å². The minimum Gasteiger partial charge on any atom is -0.357 e. The number of rotatable bonds is 6. The molecule has 1 unspecified atom stereocenters. The van der Waals surface area contributed by atoms with Crippen LogP contribution in [0.2, 0.25) is 0 Å². The Balaban J connectivity index is 0.00000289. The highest BCUT2D eigenvalue weighted by atomic mass is 127. The first kappa shape index (κ1) is 23.9. The Bertz CT molecular complexity index is 1040. The van der Waals surface area contributed by atoms with Gasteiger partial charge in [-0.2, -0.15) is 0 Å². The lowest BCUT2D eigenvalue weighted by Crippen LogP contribution is -2.44. The van der Waals surface area contributed by atoms with Crippen LogP contribution in [-0.4, -0.2) is 46.2 Å². The molecule has 1 fully saturated rings. The fourth-order valence-corrected chi connectivity index (χ4v) is 3.62. The lowest BCUT2D eigenvalue weighted by molar-refractivity contribution is 0.612. The van der Waals surface area contributed by atoms with E-state index < -0.39 is 0 Å². The van der Waals surface area contributed by atoms with Gasteiger partial charge in [0.15, 0.2) is 17.6 Å². The highest BCUT2D eigenvalue weighted by Gasteiger charge is 2.25. The Hall–Kier alpha value is -2.76. The van der Waals surface area contributed by atoms with E-state index in [1.807, 2.05) is 17.9 Å². The Kier molecular flexibility index (Phi) is 8.37. The quantitative estimate of drug-likeness (QED) is 0.278. The largest absolute Gasteiger partial charge is 0.357 e. The first-order valence-electron chi connectivity index (χ1n) is 10.3. The van der Waals surface area contributed by atoms with Crippen molar-refractivity contribution in [1.82, 2.24) is 25.2 Å². The molecule has 0 bridgehead atoms. The molecule has 7 nitrogen and oxygen atoms in total. The number of nitrogens with zero attached hydrogens (tertiary/aromatic N) is 5. The van der Waals surface area contributed by atoms with Crippen molar-refractivity contribution in [3.63, 3.8) is 0 Å². The number of halogens is 3. The van der Waals surface area contributed by atoms with Gasteiger partial charge < -0.3 is 20.1 Å². The molecule has 1 saturated heterocycles. The summed E-state index contributed by atoms with van der Waals surface area (Å²) in [4.78, 5) is 14.6. The van der Waals surface area contributed by atoms with Crippen molar-refractivity contribution in [2.45, 2.75) is 25.9 Å². The molecule has 0 spiro atoms. The van der Waals surface area contributed by atoms with Crippen molar-refractivity contribution in [2.75, 3.05) is 24.5 Å². The van der Waals surface area contributed by atoms with Crippen molar-refractivity contribution in [3.8, 4) is 5.69 Å². The number of anilines is 1. The molecule has 0 aliphatic carbocycles. The summed E-state index contributed by atoms with van der Waals surface area (Å²) in [5.74, 6) is 0.384. The molecule has 2 N–H and O–H groups in total. The van der Waals surface area contributed by atoms with Gasteiger partial charge in [-0.15, -0.1) is 24.0 Å². The van der Waals surface area contributed by atoms with Gasteiger partial charge >= 0.3 is 0 Å². The molecule has 10 heteroatoms. The van der Waals surface area contributed by atoms with Crippen molar-refractivity contribution >= 4 is 35.8 Å². The molecule has 4 rings (SSSR count). The van der Waals surface area contributed by atoms with E-state index in [0.717, 1.165) is 12.0 Å². The molecule has 2 aromatic heterocycles. The zero-order valence-electron chi connectivity index (χ0n) is 17.7. The predicted octanol–water partition coefficient (Wildman–Crippen LogP) is 3.50. The maximum Gasteiger partial charge on any atom is 0.191 e. The monoisotopic (exact) mass is 553 g/mol. The summed E-state index contributed by atoms with van der Waals surface area (Å²) < 4.78 is 30.1. The third-order valence-electron chi connectivity index (χ3n) is 5.13. The summed E-state index contributed by atoms with van der Waals surface area (Å²) in [7, 11) is 0. The number of aliphatic imine (C=N–C) groups is 1. The van der Waals surface area contributed by atoms with Crippen LogP contribution < -0.4 is 15.5 Å². The molecule has 1 aliphatic heterocycles. The van der Waals surface area contributed by atoms with Crippen molar-refractivity contribution in [3.05, 3.63) is 72.4 Å². The molecule has 32 heavy (non-hydrogen) atoms. The van der Waals surface area contributed by atoms with E-state index in [4.69, 9.17) is 0 Å². The van der Waals surface area contributed by atoms with Gasteiger partial charge in [0, 0.05) is 44.3 Å². The van der Waals surface area contributed by atoms with E-state index in [1.54, 1.807) is 41.6 Å². The zero-order valence-corrected chi connectivity index (χ0v) is 20.0. The highest BCUT2D eigenvalue weighted by Crippen LogP contribution is 2.21. The van der Waals surface area contributed by atoms with Crippen molar-refractivity contribution < 1.29 is 8.78 Å². The van der Waals surface area contributed by atoms with Crippen LogP contribution in [0.15, 0.2) is 60.2 Å². The normalized spacial score (nSPS) is 16.0. The van der Waals surface area contributed by atoms with Crippen molar-refractivity contribution in [1.29, 1.82) is 0 Å². The van der Waals surface area contributed by atoms with E-state index >= 15 is 0 Å². The van der Waals surface area contributed by atoms with E-state index in [0.29, 0.717) is 43.6 Å². The first-order chi connectivity index (χ1) is 15.1. The van der Waals surface area contributed by atoms with E-state index in [1.165, 1.54) is 12.1 Å².